The number of fused-ring (bicyclic) bond motifs is 1. The number of hydrogen-bond donors (Lipinski definition) is 1. The summed E-state index contributed by atoms with van der Waals surface area (Å²) in [7, 11) is 5.91. The third-order valence-corrected chi connectivity index (χ3v) is 5.59. The number of amidine groups is 1. The van der Waals surface area contributed by atoms with Crippen molar-refractivity contribution >= 4 is 24.0 Å². The third kappa shape index (κ3) is 4.09. The first-order valence-electron chi connectivity index (χ1n) is 9.75. The van der Waals surface area contributed by atoms with Crippen LogP contribution in [0.4, 0.5) is 0 Å². The zero-order chi connectivity index (χ0) is 21.3. The molecule has 0 radical (unpaired) electrons. The third-order valence-electron chi connectivity index (χ3n) is 5.17. The van der Waals surface area contributed by atoms with Gasteiger partial charge in [-0.2, -0.15) is 10.2 Å². The molecule has 4 aromatic rings. The molecule has 0 aliphatic heterocycles. The highest BCUT2D eigenvalue weighted by molar-refractivity contribution is 7.80. The fourth-order valence-electron chi connectivity index (χ4n) is 3.28. The van der Waals surface area contributed by atoms with E-state index in [1.165, 1.54) is 5.56 Å². The van der Waals surface area contributed by atoms with Crippen molar-refractivity contribution in [3.05, 3.63) is 54.7 Å². The lowest BCUT2D eigenvalue weighted by atomic mass is 10.1. The highest BCUT2D eigenvalue weighted by Gasteiger charge is 2.12. The smallest absolute Gasteiger partial charge is 0.137 e. The average molecular weight is 420 g/mol. The van der Waals surface area contributed by atoms with E-state index in [0.29, 0.717) is 0 Å². The number of aryl methyl sites for hydroxylation is 1. The van der Waals surface area contributed by atoms with Crippen molar-refractivity contribution < 1.29 is 0 Å². The molecule has 0 spiro atoms. The molecular weight excluding hydrogens is 394 g/mol. The molecule has 154 valence electrons. The van der Waals surface area contributed by atoms with Crippen molar-refractivity contribution in [2.45, 2.75) is 18.2 Å². The van der Waals surface area contributed by atoms with Gasteiger partial charge in [0.15, 0.2) is 0 Å². The van der Waals surface area contributed by atoms with Crippen molar-refractivity contribution in [1.82, 2.24) is 29.3 Å². The van der Waals surface area contributed by atoms with Crippen LogP contribution in [0.3, 0.4) is 0 Å². The summed E-state index contributed by atoms with van der Waals surface area (Å²) in [6, 6.07) is 8.37. The predicted molar refractivity (Wildman–Crippen MR) is 123 cm³/mol. The molecule has 0 saturated heterocycles. The van der Waals surface area contributed by atoms with E-state index < -0.39 is 0 Å². The van der Waals surface area contributed by atoms with Gasteiger partial charge >= 0.3 is 0 Å². The lowest BCUT2D eigenvalue weighted by molar-refractivity contribution is 0.613. The van der Waals surface area contributed by atoms with Crippen LogP contribution < -0.4 is 0 Å². The summed E-state index contributed by atoms with van der Waals surface area (Å²) < 4.78 is 3.65. The minimum absolute atomic E-state index is 0.738. The lowest BCUT2D eigenvalue weighted by Gasteiger charge is -2.11. The number of aromatic nitrogens is 5. The summed E-state index contributed by atoms with van der Waals surface area (Å²) in [6.45, 7) is 2.75. The molecule has 0 fully saturated rings. The standard InChI is InChI=1S/C22H25N7S/c1-15(27(2)3)23-8-7-16-5-6-17(10-21(16)30)22-20-9-18(13-29(20)26-14-24-22)19-11-25-28(4)12-19/h5-6,9-14,30H,7-8H2,1-4H3/b23-15+. The summed E-state index contributed by atoms with van der Waals surface area (Å²) in [6.07, 6.45) is 8.27. The summed E-state index contributed by atoms with van der Waals surface area (Å²) >= 11 is 4.72. The van der Waals surface area contributed by atoms with Crippen LogP contribution in [-0.2, 0) is 13.5 Å². The molecule has 0 saturated carbocycles. The first-order chi connectivity index (χ1) is 14.4. The molecule has 1 aromatic carbocycles. The zero-order valence-electron chi connectivity index (χ0n) is 17.6. The first-order valence-corrected chi connectivity index (χ1v) is 10.2. The Bertz CT molecular complexity index is 1220. The van der Waals surface area contributed by atoms with Crippen LogP contribution in [0.25, 0.3) is 27.9 Å². The molecule has 30 heavy (non-hydrogen) atoms. The van der Waals surface area contributed by atoms with Crippen molar-refractivity contribution in [2.75, 3.05) is 20.6 Å². The maximum absolute atomic E-state index is 4.72. The van der Waals surface area contributed by atoms with Gasteiger partial charge in [-0.15, -0.1) is 12.6 Å². The molecule has 0 amide bonds. The van der Waals surface area contributed by atoms with E-state index in [-0.39, 0.29) is 0 Å². The van der Waals surface area contributed by atoms with Gasteiger partial charge in [0.1, 0.15) is 6.33 Å². The molecule has 0 aliphatic carbocycles. The van der Waals surface area contributed by atoms with Crippen molar-refractivity contribution in [3.63, 3.8) is 0 Å². The second-order valence-electron chi connectivity index (χ2n) is 7.49. The number of rotatable bonds is 5. The van der Waals surface area contributed by atoms with E-state index in [1.54, 1.807) is 11.0 Å². The number of aliphatic imine (C=N–C) groups is 1. The Morgan fingerprint density at radius 3 is 2.63 bits per heavy atom. The number of hydrogen-bond acceptors (Lipinski definition) is 5. The maximum Gasteiger partial charge on any atom is 0.137 e. The monoisotopic (exact) mass is 419 g/mol. The van der Waals surface area contributed by atoms with Crippen LogP contribution >= 0.6 is 12.6 Å². The van der Waals surface area contributed by atoms with Crippen LogP contribution in [0.15, 0.2) is 59.1 Å². The van der Waals surface area contributed by atoms with Crippen molar-refractivity contribution in [3.8, 4) is 22.4 Å². The second-order valence-corrected chi connectivity index (χ2v) is 7.97. The van der Waals surface area contributed by atoms with Gasteiger partial charge in [-0.3, -0.25) is 9.67 Å². The lowest BCUT2D eigenvalue weighted by Crippen LogP contribution is -2.18. The first kappa shape index (κ1) is 20.2. The Hall–Kier alpha value is -3.13. The summed E-state index contributed by atoms with van der Waals surface area (Å²) in [5.74, 6) is 1.02. The topological polar surface area (TPSA) is 63.6 Å². The zero-order valence-corrected chi connectivity index (χ0v) is 18.5. The summed E-state index contributed by atoms with van der Waals surface area (Å²) in [5.41, 5.74) is 6.12. The number of benzene rings is 1. The van der Waals surface area contributed by atoms with Gasteiger partial charge in [-0.25, -0.2) is 9.50 Å². The minimum Gasteiger partial charge on any atom is -0.367 e. The van der Waals surface area contributed by atoms with Crippen molar-refractivity contribution in [1.29, 1.82) is 0 Å². The van der Waals surface area contributed by atoms with Gasteiger partial charge < -0.3 is 4.90 Å². The summed E-state index contributed by atoms with van der Waals surface area (Å²) in [4.78, 5) is 12.1. The maximum atomic E-state index is 4.72. The molecule has 0 N–H and O–H groups in total. The van der Waals surface area contributed by atoms with Crippen LogP contribution in [-0.4, -0.2) is 55.8 Å². The average Bonchev–Trinajstić information content (AvgIpc) is 3.34. The highest BCUT2D eigenvalue weighted by atomic mass is 32.1. The van der Waals surface area contributed by atoms with E-state index in [1.807, 2.05) is 56.1 Å². The SMILES string of the molecule is C/C(=N\CCc1ccc(-c2ncnn3cc(-c4cnn(C)c4)cc23)cc1S)N(C)C. The molecule has 4 rings (SSSR count). The van der Waals surface area contributed by atoms with Gasteiger partial charge in [0.05, 0.1) is 23.2 Å². The molecule has 7 nitrogen and oxygen atoms in total. The molecule has 0 unspecified atom stereocenters. The fourth-order valence-corrected chi connectivity index (χ4v) is 3.61. The molecule has 0 bridgehead atoms. The molecule has 3 aromatic heterocycles. The van der Waals surface area contributed by atoms with Gasteiger partial charge in [0, 0.05) is 61.7 Å². The van der Waals surface area contributed by atoms with Gasteiger partial charge in [-0.05, 0) is 31.0 Å². The Labute approximate surface area is 181 Å². The van der Waals surface area contributed by atoms with Crippen molar-refractivity contribution in [2.24, 2.45) is 12.0 Å². The quantitative estimate of drug-likeness (QED) is 0.305. The molecule has 8 heteroatoms. The van der Waals surface area contributed by atoms with E-state index >= 15 is 0 Å². The Kier molecular flexibility index (Phi) is 5.59. The largest absolute Gasteiger partial charge is 0.367 e. The molecular formula is C22H25N7S. The normalized spacial score (nSPS) is 12.0. The minimum atomic E-state index is 0.738. The predicted octanol–water partition coefficient (Wildman–Crippen LogP) is 3.61. The molecule has 3 heterocycles. The van der Waals surface area contributed by atoms with E-state index in [2.05, 4.69) is 44.4 Å². The molecule has 0 aliphatic rings. The van der Waals surface area contributed by atoms with Crippen LogP contribution in [0, 0.1) is 0 Å². The van der Waals surface area contributed by atoms with E-state index in [0.717, 1.165) is 51.6 Å². The van der Waals surface area contributed by atoms with Crippen LogP contribution in [0.1, 0.15) is 12.5 Å². The Balaban J connectivity index is 1.63. The van der Waals surface area contributed by atoms with Crippen LogP contribution in [0.2, 0.25) is 0 Å². The van der Waals surface area contributed by atoms with Gasteiger partial charge in [0.2, 0.25) is 0 Å². The van der Waals surface area contributed by atoms with Gasteiger partial charge in [-0.1, -0.05) is 12.1 Å². The number of nitrogens with zero attached hydrogens (tertiary/aromatic N) is 7. The van der Waals surface area contributed by atoms with E-state index in [9.17, 15) is 0 Å². The van der Waals surface area contributed by atoms with Crippen LogP contribution in [0.5, 0.6) is 0 Å². The van der Waals surface area contributed by atoms with E-state index in [4.69, 9.17) is 12.6 Å². The van der Waals surface area contributed by atoms with Gasteiger partial charge in [0.25, 0.3) is 0 Å². The number of thiol groups is 1. The fraction of sp³-hybridized carbons (Fsp3) is 0.273. The summed E-state index contributed by atoms with van der Waals surface area (Å²) in [5, 5.41) is 8.63. The Morgan fingerprint density at radius 1 is 1.10 bits per heavy atom. The second kappa shape index (κ2) is 8.31. The Morgan fingerprint density at radius 2 is 1.93 bits per heavy atom. The highest BCUT2D eigenvalue weighted by Crippen LogP contribution is 2.29. The molecule has 0 atom stereocenters.